The number of hydrogen-bond donors (Lipinski definition) is 0. The summed E-state index contributed by atoms with van der Waals surface area (Å²) < 4.78 is 8.01. The van der Waals surface area contributed by atoms with Crippen molar-refractivity contribution in [3.8, 4) is 5.75 Å². The van der Waals surface area contributed by atoms with Crippen molar-refractivity contribution in [2.75, 3.05) is 0 Å². The van der Waals surface area contributed by atoms with Crippen molar-refractivity contribution in [3.63, 3.8) is 0 Å². The molecule has 0 amide bonds. The van der Waals surface area contributed by atoms with Crippen molar-refractivity contribution in [2.45, 2.75) is 39.9 Å². The van der Waals surface area contributed by atoms with Gasteiger partial charge in [0.15, 0.2) is 0 Å². The van der Waals surface area contributed by atoms with Crippen LogP contribution in [-0.4, -0.2) is 24.3 Å². The maximum atomic E-state index is 5.99. The number of nitrogens with zero attached hydrogens (tertiary/aromatic N) is 3. The summed E-state index contributed by atoms with van der Waals surface area (Å²) in [6.45, 7) is 10.5. The van der Waals surface area contributed by atoms with Crippen LogP contribution >= 0.6 is 0 Å². The maximum Gasteiger partial charge on any atom is 0.274 e. The van der Waals surface area contributed by atoms with Crippen LogP contribution in [0.5, 0.6) is 5.75 Å². The van der Waals surface area contributed by atoms with Crippen molar-refractivity contribution < 1.29 is 4.43 Å². The molecule has 0 bridgehead atoms. The van der Waals surface area contributed by atoms with Gasteiger partial charge in [-0.2, -0.15) is 0 Å². The summed E-state index contributed by atoms with van der Waals surface area (Å²) in [7, 11) is 1.21. The minimum absolute atomic E-state index is 0.0407. The van der Waals surface area contributed by atoms with Gasteiger partial charge in [-0.1, -0.05) is 18.2 Å². The smallest absolute Gasteiger partial charge is 0.274 e. The number of hydrogen-bond acceptors (Lipinski definition) is 3. The number of benzene rings is 1. The lowest BCUT2D eigenvalue weighted by molar-refractivity contribution is 0.563. The van der Waals surface area contributed by atoms with Crippen LogP contribution in [-0.2, 0) is 7.05 Å². The first-order valence-electron chi connectivity index (χ1n) is 7.49. The molecule has 0 aliphatic rings. The highest BCUT2D eigenvalue weighted by molar-refractivity contribution is 6.49. The normalized spacial score (nSPS) is 13.5. The minimum atomic E-state index is -0.789. The number of rotatable bonds is 5. The molecular weight excluding hydrogens is 290 g/mol. The van der Waals surface area contributed by atoms with Crippen LogP contribution < -0.4 is 4.43 Å². The van der Waals surface area contributed by atoms with E-state index in [4.69, 9.17) is 9.42 Å². The molecule has 0 N–H and O–H groups in total. The van der Waals surface area contributed by atoms with Crippen molar-refractivity contribution in [3.05, 3.63) is 47.5 Å². The van der Waals surface area contributed by atoms with Crippen LogP contribution in [0.2, 0.25) is 13.1 Å². The Morgan fingerprint density at radius 3 is 2.59 bits per heavy atom. The van der Waals surface area contributed by atoms with E-state index in [2.05, 4.69) is 38.0 Å². The Kier molecular flexibility index (Phi) is 5.18. The molecule has 5 heteroatoms. The SMILES string of the molecule is CC(=NC(C)c1ccccc1O[Si](C)C)c1ncn(C)c1C. The molecule has 2 aromatic rings. The molecule has 117 valence electrons. The lowest BCUT2D eigenvalue weighted by Crippen LogP contribution is -2.13. The fourth-order valence-electron chi connectivity index (χ4n) is 2.41. The molecule has 0 fully saturated rings. The molecule has 0 spiro atoms. The van der Waals surface area contributed by atoms with E-state index < -0.39 is 9.04 Å². The van der Waals surface area contributed by atoms with E-state index in [1.54, 1.807) is 0 Å². The Morgan fingerprint density at radius 2 is 2.00 bits per heavy atom. The monoisotopic (exact) mass is 314 g/mol. The topological polar surface area (TPSA) is 39.4 Å². The molecule has 0 saturated carbocycles. The van der Waals surface area contributed by atoms with Crippen molar-refractivity contribution >= 4 is 14.8 Å². The maximum absolute atomic E-state index is 5.99. The molecule has 0 aliphatic heterocycles. The van der Waals surface area contributed by atoms with E-state index >= 15 is 0 Å². The van der Waals surface area contributed by atoms with Gasteiger partial charge >= 0.3 is 0 Å². The summed E-state index contributed by atoms with van der Waals surface area (Å²) >= 11 is 0. The molecule has 1 atom stereocenters. The lowest BCUT2D eigenvalue weighted by atomic mass is 10.1. The van der Waals surface area contributed by atoms with Crippen LogP contribution in [0.15, 0.2) is 35.6 Å². The zero-order valence-corrected chi connectivity index (χ0v) is 15.2. The van der Waals surface area contributed by atoms with Gasteiger partial charge in [0.2, 0.25) is 0 Å². The van der Waals surface area contributed by atoms with Gasteiger partial charge in [-0.05, 0) is 39.9 Å². The summed E-state index contributed by atoms with van der Waals surface area (Å²) in [5, 5.41) is 0. The van der Waals surface area contributed by atoms with Crippen LogP contribution in [0.1, 0.15) is 36.8 Å². The largest absolute Gasteiger partial charge is 0.542 e. The van der Waals surface area contributed by atoms with E-state index in [0.29, 0.717) is 0 Å². The van der Waals surface area contributed by atoms with Gasteiger partial charge in [0.25, 0.3) is 9.04 Å². The van der Waals surface area contributed by atoms with Crippen LogP contribution in [0.3, 0.4) is 0 Å². The average Bonchev–Trinajstić information content (AvgIpc) is 2.79. The lowest BCUT2D eigenvalue weighted by Gasteiger charge is -2.16. The van der Waals surface area contributed by atoms with Crippen molar-refractivity contribution in [1.82, 2.24) is 9.55 Å². The van der Waals surface area contributed by atoms with Crippen molar-refractivity contribution in [1.29, 1.82) is 0 Å². The third-order valence-corrected chi connectivity index (χ3v) is 4.27. The number of para-hydroxylation sites is 1. The third kappa shape index (κ3) is 3.65. The summed E-state index contributed by atoms with van der Waals surface area (Å²) in [5.41, 5.74) is 4.18. The van der Waals surface area contributed by atoms with Crippen LogP contribution in [0, 0.1) is 6.92 Å². The van der Waals surface area contributed by atoms with E-state index in [0.717, 1.165) is 28.4 Å². The second kappa shape index (κ2) is 6.92. The molecule has 0 aliphatic carbocycles. The minimum Gasteiger partial charge on any atom is -0.542 e. The van der Waals surface area contributed by atoms with E-state index in [1.165, 1.54) is 0 Å². The molecule has 1 aromatic heterocycles. The fraction of sp³-hybridized carbons (Fsp3) is 0.412. The highest BCUT2D eigenvalue weighted by Crippen LogP contribution is 2.28. The number of aromatic nitrogens is 2. The first kappa shape index (κ1) is 16.5. The molecule has 1 aromatic carbocycles. The quantitative estimate of drug-likeness (QED) is 0.619. The highest BCUT2D eigenvalue weighted by atomic mass is 28.3. The average molecular weight is 314 g/mol. The zero-order chi connectivity index (χ0) is 16.3. The third-order valence-electron chi connectivity index (χ3n) is 3.64. The standard InChI is InChI=1S/C17H24N3OSi/c1-12(15-9-7-8-10-16(15)21-22(5)6)19-13(2)17-14(3)20(4)11-18-17/h7-12H,1-6H3. The highest BCUT2D eigenvalue weighted by Gasteiger charge is 2.14. The Labute approximate surface area is 134 Å². The molecule has 4 nitrogen and oxygen atoms in total. The zero-order valence-electron chi connectivity index (χ0n) is 14.2. The fourth-order valence-corrected chi connectivity index (χ4v) is 3.03. The van der Waals surface area contributed by atoms with Gasteiger partial charge in [0, 0.05) is 18.3 Å². The molecule has 1 unspecified atom stereocenters. The van der Waals surface area contributed by atoms with E-state index in [-0.39, 0.29) is 6.04 Å². The van der Waals surface area contributed by atoms with Gasteiger partial charge in [-0.15, -0.1) is 0 Å². The van der Waals surface area contributed by atoms with E-state index in [1.807, 2.05) is 43.1 Å². The predicted octanol–water partition coefficient (Wildman–Crippen LogP) is 3.93. The molecule has 0 saturated heterocycles. The Hall–Kier alpha value is -1.88. The van der Waals surface area contributed by atoms with Crippen molar-refractivity contribution in [2.24, 2.45) is 12.0 Å². The molecular formula is C17H24N3OSi. The second-order valence-corrected chi connectivity index (χ2v) is 7.75. The summed E-state index contributed by atoms with van der Waals surface area (Å²) in [4.78, 5) is 9.27. The summed E-state index contributed by atoms with van der Waals surface area (Å²) in [6.07, 6.45) is 1.83. The van der Waals surface area contributed by atoms with Gasteiger partial charge in [0.1, 0.15) is 11.4 Å². The number of imidazole rings is 1. The predicted molar refractivity (Wildman–Crippen MR) is 93.1 cm³/mol. The molecule has 2 rings (SSSR count). The first-order chi connectivity index (χ1) is 10.4. The van der Waals surface area contributed by atoms with Crippen LogP contribution in [0.4, 0.5) is 0 Å². The molecule has 1 heterocycles. The summed E-state index contributed by atoms with van der Waals surface area (Å²) in [6, 6.07) is 8.20. The number of aryl methyl sites for hydroxylation is 1. The Bertz CT molecular complexity index is 676. The summed E-state index contributed by atoms with van der Waals surface area (Å²) in [5.74, 6) is 0.947. The van der Waals surface area contributed by atoms with Gasteiger partial charge in [-0.25, -0.2) is 4.98 Å². The van der Waals surface area contributed by atoms with Gasteiger partial charge < -0.3 is 8.99 Å². The Morgan fingerprint density at radius 1 is 1.32 bits per heavy atom. The van der Waals surface area contributed by atoms with Gasteiger partial charge in [0.05, 0.1) is 18.1 Å². The Balaban J connectivity index is 2.30. The van der Waals surface area contributed by atoms with E-state index in [9.17, 15) is 0 Å². The molecule has 1 radical (unpaired) electrons. The van der Waals surface area contributed by atoms with Gasteiger partial charge in [-0.3, -0.25) is 4.99 Å². The van der Waals surface area contributed by atoms with Crippen LogP contribution in [0.25, 0.3) is 0 Å². The first-order valence-corrected chi connectivity index (χ1v) is 9.90. The second-order valence-electron chi connectivity index (χ2n) is 5.73. The molecule has 22 heavy (non-hydrogen) atoms. The number of aliphatic imine (C=N–C) groups is 1.